The number of nitrogens with zero attached hydrogens (tertiary/aromatic N) is 5. The Morgan fingerprint density at radius 2 is 1.80 bits per heavy atom. The van der Waals surface area contributed by atoms with Crippen LogP contribution in [-0.2, 0) is 10.0 Å². The summed E-state index contributed by atoms with van der Waals surface area (Å²) in [5.74, 6) is -0.741. The highest BCUT2D eigenvalue weighted by atomic mass is 35.5. The molecule has 3 aromatic carbocycles. The predicted octanol–water partition coefficient (Wildman–Crippen LogP) is 9.38. The fraction of sp³-hybridized carbons (Fsp3) is 0.362. The second-order valence-corrected chi connectivity index (χ2v) is 20.1. The highest BCUT2D eigenvalue weighted by molar-refractivity contribution is 7.90. The number of pyridine rings is 1. The zero-order chi connectivity index (χ0) is 45.2. The van der Waals surface area contributed by atoms with Crippen molar-refractivity contribution in [3.8, 4) is 11.8 Å². The lowest BCUT2D eigenvalue weighted by Crippen LogP contribution is -2.31. The van der Waals surface area contributed by atoms with Crippen molar-refractivity contribution in [3.63, 3.8) is 0 Å². The number of fused-ring (bicyclic) bond motifs is 2. The van der Waals surface area contributed by atoms with Crippen molar-refractivity contribution in [2.75, 3.05) is 36.8 Å². The quantitative estimate of drug-likeness (QED) is 0.0372. The lowest BCUT2D eigenvalue weighted by molar-refractivity contribution is -0.384. The molecule has 332 valence electrons. The van der Waals surface area contributed by atoms with Gasteiger partial charge in [0.05, 0.1) is 44.3 Å². The summed E-state index contributed by atoms with van der Waals surface area (Å²) in [5, 5.41) is 37.9. The molecule has 5 N–H and O–H groups in total. The Balaban J connectivity index is 1.000. The minimum absolute atomic E-state index is 0.000990. The van der Waals surface area contributed by atoms with E-state index in [-0.39, 0.29) is 28.0 Å². The summed E-state index contributed by atoms with van der Waals surface area (Å²) in [5.41, 5.74) is 6.28. The smallest absolute Gasteiger partial charge is 0.293 e. The molecule has 64 heavy (non-hydrogen) atoms. The van der Waals surface area contributed by atoms with Gasteiger partial charge in [0.1, 0.15) is 16.9 Å². The Kier molecular flexibility index (Phi) is 12.5. The van der Waals surface area contributed by atoms with Crippen LogP contribution in [0.1, 0.15) is 81.6 Å². The fourth-order valence-corrected chi connectivity index (χ4v) is 9.86. The zero-order valence-corrected chi connectivity index (χ0v) is 37.6. The van der Waals surface area contributed by atoms with Crippen LogP contribution in [0, 0.1) is 38.2 Å². The van der Waals surface area contributed by atoms with Crippen molar-refractivity contribution >= 4 is 72.2 Å². The number of allylic oxidation sites excluding steroid dienone is 1. The van der Waals surface area contributed by atoms with Gasteiger partial charge in [0.15, 0.2) is 0 Å². The summed E-state index contributed by atoms with van der Waals surface area (Å²) in [6.07, 6.45) is 9.51. The van der Waals surface area contributed by atoms with E-state index >= 15 is 0 Å². The van der Waals surface area contributed by atoms with Crippen molar-refractivity contribution in [1.29, 1.82) is 5.26 Å². The molecule has 0 atom stereocenters. The third-order valence-corrected chi connectivity index (χ3v) is 14.2. The number of hydrogen-bond donors (Lipinski definition) is 5. The van der Waals surface area contributed by atoms with Crippen molar-refractivity contribution < 1.29 is 18.1 Å². The number of nitrogens with one attached hydrogen (secondary N) is 5. The molecular formula is C47H51ClN10O5S. The molecule has 0 spiro atoms. The average molecular weight is 904 g/mol. The minimum atomic E-state index is -4.59. The molecule has 1 amide bonds. The lowest BCUT2D eigenvalue weighted by Gasteiger charge is -2.34. The van der Waals surface area contributed by atoms with Crippen LogP contribution in [-0.4, -0.2) is 65.2 Å². The number of benzene rings is 3. The Morgan fingerprint density at radius 1 is 1.02 bits per heavy atom. The number of anilines is 2. The van der Waals surface area contributed by atoms with Crippen molar-refractivity contribution in [1.82, 2.24) is 29.8 Å². The summed E-state index contributed by atoms with van der Waals surface area (Å²) < 4.78 is 31.3. The summed E-state index contributed by atoms with van der Waals surface area (Å²) in [7, 11) is -4.59. The lowest BCUT2D eigenvalue weighted by atomic mass is 9.72. The predicted molar refractivity (Wildman–Crippen MR) is 250 cm³/mol. The topological polar surface area (TPSA) is 213 Å². The van der Waals surface area contributed by atoms with E-state index in [4.69, 9.17) is 11.6 Å². The normalized spacial score (nSPS) is 18.8. The van der Waals surface area contributed by atoms with Gasteiger partial charge in [-0.25, -0.2) is 22.8 Å². The van der Waals surface area contributed by atoms with Gasteiger partial charge in [0.25, 0.3) is 21.6 Å². The monoisotopic (exact) mass is 902 g/mol. The Bertz CT molecular complexity index is 2930. The molecule has 17 heteroatoms. The van der Waals surface area contributed by atoms with Crippen LogP contribution in [0.15, 0.2) is 95.7 Å². The first-order chi connectivity index (χ1) is 30.6. The molecule has 0 unspecified atom stereocenters. The number of nitriles is 1. The number of nitro groups is 1. The molecule has 6 aromatic rings. The molecule has 1 fully saturated rings. The Hall–Kier alpha value is -6.28. The number of sulfonamides is 1. The number of amides is 1. The molecule has 1 saturated carbocycles. The first-order valence-corrected chi connectivity index (χ1v) is 23.3. The van der Waals surface area contributed by atoms with Crippen LogP contribution in [0.5, 0.6) is 0 Å². The molecule has 0 bridgehead atoms. The van der Waals surface area contributed by atoms with E-state index < -0.39 is 31.4 Å². The maximum atomic E-state index is 14.1. The fourth-order valence-electron chi connectivity index (χ4n) is 8.74. The Labute approximate surface area is 376 Å². The number of carbonyl (C=O) groups excluding carboxylic acids is 1. The van der Waals surface area contributed by atoms with E-state index in [1.807, 2.05) is 31.2 Å². The van der Waals surface area contributed by atoms with Crippen LogP contribution in [0.4, 0.5) is 17.1 Å². The third-order valence-electron chi connectivity index (χ3n) is 12.6. The van der Waals surface area contributed by atoms with Crippen LogP contribution < -0.4 is 20.7 Å². The van der Waals surface area contributed by atoms with E-state index in [9.17, 15) is 28.6 Å². The van der Waals surface area contributed by atoms with Crippen molar-refractivity contribution in [2.45, 2.75) is 70.6 Å². The van der Waals surface area contributed by atoms with Crippen molar-refractivity contribution in [3.05, 3.63) is 117 Å². The van der Waals surface area contributed by atoms with Gasteiger partial charge in [-0.05, 0) is 129 Å². The molecule has 3 heterocycles. The summed E-state index contributed by atoms with van der Waals surface area (Å²) in [6, 6.07) is 22.7. The van der Waals surface area contributed by atoms with E-state index in [0.29, 0.717) is 52.7 Å². The largest absolute Gasteiger partial charge is 0.384 e. The number of halogens is 1. The second kappa shape index (κ2) is 18.1. The first-order valence-electron chi connectivity index (χ1n) is 21.5. The highest BCUT2D eigenvalue weighted by Crippen LogP contribution is 2.43. The second-order valence-electron chi connectivity index (χ2n) is 18.0. The number of nitro benzene ring substituents is 1. The summed E-state index contributed by atoms with van der Waals surface area (Å²) in [4.78, 5) is 32.9. The first kappa shape index (κ1) is 44.3. The van der Waals surface area contributed by atoms with Crippen LogP contribution in [0.2, 0.25) is 5.02 Å². The molecule has 0 aliphatic heterocycles. The van der Waals surface area contributed by atoms with Gasteiger partial charge in [-0.2, -0.15) is 10.4 Å². The third kappa shape index (κ3) is 9.76. The van der Waals surface area contributed by atoms with Gasteiger partial charge in [-0.1, -0.05) is 43.2 Å². The van der Waals surface area contributed by atoms with E-state index in [1.54, 1.807) is 29.2 Å². The maximum Gasteiger partial charge on any atom is 0.293 e. The maximum absolute atomic E-state index is 14.1. The molecule has 2 aliphatic carbocycles. The van der Waals surface area contributed by atoms with Crippen molar-refractivity contribution in [2.24, 2.45) is 16.7 Å². The number of rotatable bonds is 15. The van der Waals surface area contributed by atoms with E-state index in [1.165, 1.54) is 34.9 Å². The number of aromatic amines is 1. The molecule has 2 aliphatic rings. The van der Waals surface area contributed by atoms with Crippen LogP contribution in [0.25, 0.3) is 33.3 Å². The summed E-state index contributed by atoms with van der Waals surface area (Å²) >= 11 is 6.20. The standard InChI is InChI=1S/C47H51ClN10O5S/c1-46(2)16-14-33(38(25-46)31-4-6-34(48)7-5-31)27-50-20-21-51-35-8-10-37(41(23-35)57-42-22-32-15-19-52-44(32)55-40(42)28-54-57)45(59)56-64(62,63)36-9-11-39(43(24-36)58(60)61)53-26-30-12-17-47(3,29-49)18-13-30/h4-11,15,19,22-24,28,30,50-51,53H,12-14,16-18,20-21,25-27H2,1-3H3,(H,52,55)(H,56,59). The highest BCUT2D eigenvalue weighted by Gasteiger charge is 2.32. The van der Waals surface area contributed by atoms with Crippen LogP contribution >= 0.6 is 11.6 Å². The number of hydrogen-bond acceptors (Lipinski definition) is 11. The van der Waals surface area contributed by atoms with Gasteiger partial charge < -0.3 is 20.9 Å². The summed E-state index contributed by atoms with van der Waals surface area (Å²) in [6.45, 7) is 8.91. The Morgan fingerprint density at radius 3 is 2.55 bits per heavy atom. The molecule has 0 saturated heterocycles. The van der Waals surface area contributed by atoms with Gasteiger partial charge in [0.2, 0.25) is 0 Å². The average Bonchev–Trinajstić information content (AvgIpc) is 3.92. The zero-order valence-electron chi connectivity index (χ0n) is 36.0. The molecule has 8 rings (SSSR count). The van der Waals surface area contributed by atoms with Gasteiger partial charge in [0, 0.05) is 54.5 Å². The van der Waals surface area contributed by atoms with Gasteiger partial charge in [-0.3, -0.25) is 14.9 Å². The number of aromatic nitrogens is 4. The molecular weight excluding hydrogens is 852 g/mol. The molecule has 0 radical (unpaired) electrons. The van der Waals surface area contributed by atoms with Gasteiger partial charge in [-0.15, -0.1) is 0 Å². The van der Waals surface area contributed by atoms with E-state index in [0.717, 1.165) is 62.9 Å². The SMILES string of the molecule is CC1(C)CCC(CNCCNc2ccc(C(=O)NS(=O)(=O)c3ccc(NCC4CCC(C)(C#N)CC4)c([N+](=O)[O-])c3)c(-n3ncc4nc5[nH]ccc5cc43)c2)=C(c2ccc(Cl)cc2)C1. The van der Waals surface area contributed by atoms with E-state index in [2.05, 4.69) is 67.8 Å². The molecule has 15 nitrogen and oxygen atoms in total. The number of H-pyrrole nitrogens is 1. The minimum Gasteiger partial charge on any atom is -0.384 e. The number of carbonyl (C=O) groups is 1. The molecule has 3 aromatic heterocycles. The van der Waals surface area contributed by atoms with Crippen LogP contribution in [0.3, 0.4) is 0 Å². The van der Waals surface area contributed by atoms with Gasteiger partial charge >= 0.3 is 0 Å².